The molecule has 2 unspecified atom stereocenters. The zero-order valence-electron chi connectivity index (χ0n) is 11.7. The number of amides is 1. The molecule has 1 aliphatic heterocycles. The van der Waals surface area contributed by atoms with Crippen LogP contribution in [0.5, 0.6) is 0 Å². The Balaban J connectivity index is 2.15. The third kappa shape index (κ3) is 3.07. The Hall–Kier alpha value is -0.710. The van der Waals surface area contributed by atoms with Crippen LogP contribution in [0.15, 0.2) is 0 Å². The molecule has 2 rings (SSSR count). The zero-order chi connectivity index (χ0) is 14.0. The van der Waals surface area contributed by atoms with E-state index in [1.807, 2.05) is 0 Å². The molecule has 4 nitrogen and oxygen atoms in total. The summed E-state index contributed by atoms with van der Waals surface area (Å²) >= 11 is 1.61. The molecule has 0 radical (unpaired) electrons. The van der Waals surface area contributed by atoms with Crippen LogP contribution >= 0.6 is 11.8 Å². The van der Waals surface area contributed by atoms with E-state index < -0.39 is 12.0 Å². The molecule has 1 aliphatic carbocycles. The fraction of sp³-hybridized carbons (Fsp3) is 0.857. The topological polar surface area (TPSA) is 57.6 Å². The highest BCUT2D eigenvalue weighted by Gasteiger charge is 2.44. The lowest BCUT2D eigenvalue weighted by atomic mass is 9.87. The van der Waals surface area contributed by atoms with Crippen molar-refractivity contribution in [2.45, 2.75) is 57.4 Å². The van der Waals surface area contributed by atoms with Gasteiger partial charge in [0.15, 0.2) is 0 Å². The molecule has 5 heteroatoms. The number of thioether (sulfide) groups is 1. The summed E-state index contributed by atoms with van der Waals surface area (Å²) in [4.78, 5) is 25.7. The zero-order valence-corrected chi connectivity index (χ0v) is 12.5. The predicted octanol–water partition coefficient (Wildman–Crippen LogP) is 2.58. The molecule has 0 spiro atoms. The van der Waals surface area contributed by atoms with Gasteiger partial charge in [-0.05, 0) is 18.8 Å². The number of carbonyl (C=O) groups is 2. The van der Waals surface area contributed by atoms with E-state index in [4.69, 9.17) is 0 Å². The van der Waals surface area contributed by atoms with E-state index >= 15 is 0 Å². The van der Waals surface area contributed by atoms with E-state index in [9.17, 15) is 14.7 Å². The van der Waals surface area contributed by atoms with Crippen LogP contribution in [-0.2, 0) is 9.59 Å². The van der Waals surface area contributed by atoms with Gasteiger partial charge in [-0.15, -0.1) is 11.8 Å². The minimum Gasteiger partial charge on any atom is -0.480 e. The molecule has 19 heavy (non-hydrogen) atoms. The molecular weight excluding hydrogens is 262 g/mol. The molecule has 0 aromatic carbocycles. The average Bonchev–Trinajstić information content (AvgIpc) is 2.83. The van der Waals surface area contributed by atoms with Gasteiger partial charge in [-0.25, -0.2) is 4.79 Å². The van der Waals surface area contributed by atoms with E-state index in [0.29, 0.717) is 11.7 Å². The van der Waals surface area contributed by atoms with Crippen molar-refractivity contribution in [3.8, 4) is 0 Å². The number of carbonyl (C=O) groups excluding carboxylic acids is 1. The molecule has 1 amide bonds. The summed E-state index contributed by atoms with van der Waals surface area (Å²) in [6.45, 7) is 4.12. The Bertz CT molecular complexity index is 353. The van der Waals surface area contributed by atoms with Crippen molar-refractivity contribution in [3.63, 3.8) is 0 Å². The highest BCUT2D eigenvalue weighted by atomic mass is 32.2. The van der Waals surface area contributed by atoms with Crippen molar-refractivity contribution in [1.82, 2.24) is 4.90 Å². The van der Waals surface area contributed by atoms with Crippen LogP contribution in [0.3, 0.4) is 0 Å². The number of aliphatic carboxylic acids is 1. The predicted molar refractivity (Wildman–Crippen MR) is 75.9 cm³/mol. The molecule has 108 valence electrons. The Morgan fingerprint density at radius 1 is 1.21 bits per heavy atom. The standard InChI is InChI=1S/C14H23NO3S/c1-9(2)13-15(11(8-19-13)14(17)18)12(16)10-6-4-3-5-7-10/h9-11,13H,3-8H2,1-2H3,(H,17,18). The van der Waals surface area contributed by atoms with Crippen LogP contribution in [0, 0.1) is 11.8 Å². The molecule has 0 aromatic heterocycles. The molecule has 1 saturated heterocycles. The van der Waals surface area contributed by atoms with Crippen LogP contribution in [0.25, 0.3) is 0 Å². The number of hydrogen-bond acceptors (Lipinski definition) is 3. The first kappa shape index (κ1) is 14.7. The van der Waals surface area contributed by atoms with Crippen LogP contribution in [0.1, 0.15) is 46.0 Å². The highest BCUT2D eigenvalue weighted by molar-refractivity contribution is 8.00. The Labute approximate surface area is 118 Å². The van der Waals surface area contributed by atoms with Gasteiger partial charge in [-0.2, -0.15) is 0 Å². The average molecular weight is 285 g/mol. The maximum atomic E-state index is 12.7. The molecule has 2 atom stereocenters. The van der Waals surface area contributed by atoms with E-state index in [1.54, 1.807) is 16.7 Å². The lowest BCUT2D eigenvalue weighted by Crippen LogP contribution is -2.49. The van der Waals surface area contributed by atoms with Gasteiger partial charge < -0.3 is 10.0 Å². The second-order valence-electron chi connectivity index (χ2n) is 5.90. The Morgan fingerprint density at radius 2 is 1.84 bits per heavy atom. The minimum absolute atomic E-state index is 0.0236. The van der Waals surface area contributed by atoms with Gasteiger partial charge in [0.25, 0.3) is 0 Å². The van der Waals surface area contributed by atoms with E-state index in [0.717, 1.165) is 25.7 Å². The van der Waals surface area contributed by atoms with Crippen molar-refractivity contribution >= 4 is 23.6 Å². The lowest BCUT2D eigenvalue weighted by Gasteiger charge is -2.34. The largest absolute Gasteiger partial charge is 0.480 e. The summed E-state index contributed by atoms with van der Waals surface area (Å²) in [5, 5.41) is 9.35. The fourth-order valence-corrected chi connectivity index (χ4v) is 4.55. The van der Waals surface area contributed by atoms with E-state index in [1.165, 1.54) is 6.42 Å². The van der Waals surface area contributed by atoms with Crippen molar-refractivity contribution in [1.29, 1.82) is 0 Å². The van der Waals surface area contributed by atoms with Crippen LogP contribution < -0.4 is 0 Å². The van der Waals surface area contributed by atoms with E-state index in [2.05, 4.69) is 13.8 Å². The lowest BCUT2D eigenvalue weighted by molar-refractivity contribution is -0.152. The third-order valence-electron chi connectivity index (χ3n) is 4.10. The summed E-state index contributed by atoms with van der Waals surface area (Å²) in [6, 6.07) is -0.633. The SMILES string of the molecule is CC(C)C1SCC(C(=O)O)N1C(=O)C1CCCCC1. The van der Waals surface area contributed by atoms with Gasteiger partial charge >= 0.3 is 5.97 Å². The monoisotopic (exact) mass is 285 g/mol. The molecule has 2 fully saturated rings. The third-order valence-corrected chi connectivity index (χ3v) is 5.72. The van der Waals surface area contributed by atoms with Crippen molar-refractivity contribution in [2.75, 3.05) is 5.75 Å². The molecule has 1 heterocycles. The molecule has 1 N–H and O–H groups in total. The summed E-state index contributed by atoms with van der Waals surface area (Å²) in [6.07, 6.45) is 5.26. The molecule has 1 saturated carbocycles. The summed E-state index contributed by atoms with van der Waals surface area (Å²) in [5.74, 6) is 0.0875. The van der Waals surface area contributed by atoms with Gasteiger partial charge in [0.05, 0.1) is 5.37 Å². The smallest absolute Gasteiger partial charge is 0.327 e. The normalized spacial score (nSPS) is 28.9. The summed E-state index contributed by atoms with van der Waals surface area (Å²) < 4.78 is 0. The number of rotatable bonds is 3. The van der Waals surface area contributed by atoms with Gasteiger partial charge in [0.1, 0.15) is 6.04 Å². The van der Waals surface area contributed by atoms with Gasteiger partial charge in [-0.1, -0.05) is 33.1 Å². The summed E-state index contributed by atoms with van der Waals surface area (Å²) in [5.41, 5.74) is 0. The minimum atomic E-state index is -0.861. The Kier molecular flexibility index (Phi) is 4.76. The van der Waals surface area contributed by atoms with Gasteiger partial charge in [-0.3, -0.25) is 4.79 Å². The molecular formula is C14H23NO3S. The number of hydrogen-bond donors (Lipinski definition) is 1. The van der Waals surface area contributed by atoms with Gasteiger partial charge in [0.2, 0.25) is 5.91 Å². The number of carboxylic acids is 1. The first-order chi connectivity index (χ1) is 9.02. The molecule has 0 bridgehead atoms. The quantitative estimate of drug-likeness (QED) is 0.866. The molecule has 2 aliphatic rings. The second-order valence-corrected chi connectivity index (χ2v) is 7.05. The second kappa shape index (κ2) is 6.16. The van der Waals surface area contributed by atoms with Crippen LogP contribution in [-0.4, -0.2) is 39.1 Å². The van der Waals surface area contributed by atoms with E-state index in [-0.39, 0.29) is 17.2 Å². The first-order valence-corrected chi connectivity index (χ1v) is 8.24. The van der Waals surface area contributed by atoms with Crippen molar-refractivity contribution < 1.29 is 14.7 Å². The fourth-order valence-electron chi connectivity index (χ4n) is 3.07. The maximum absolute atomic E-state index is 12.7. The van der Waals surface area contributed by atoms with Crippen LogP contribution in [0.4, 0.5) is 0 Å². The van der Waals surface area contributed by atoms with Crippen molar-refractivity contribution in [3.05, 3.63) is 0 Å². The summed E-state index contributed by atoms with van der Waals surface area (Å²) in [7, 11) is 0. The number of nitrogens with zero attached hydrogens (tertiary/aromatic N) is 1. The van der Waals surface area contributed by atoms with Crippen molar-refractivity contribution in [2.24, 2.45) is 11.8 Å². The van der Waals surface area contributed by atoms with Gasteiger partial charge in [0, 0.05) is 11.7 Å². The number of carboxylic acid groups (broad SMARTS) is 1. The Morgan fingerprint density at radius 3 is 2.37 bits per heavy atom. The first-order valence-electron chi connectivity index (χ1n) is 7.19. The van der Waals surface area contributed by atoms with Crippen LogP contribution in [0.2, 0.25) is 0 Å². The maximum Gasteiger partial charge on any atom is 0.327 e. The molecule has 0 aromatic rings. The highest BCUT2D eigenvalue weighted by Crippen LogP contribution is 2.37.